The normalized spacial score (nSPS) is 14.4. The van der Waals surface area contributed by atoms with Gasteiger partial charge in [0.05, 0.1) is 13.2 Å². The van der Waals surface area contributed by atoms with Crippen LogP contribution in [0.4, 0.5) is 0 Å². The van der Waals surface area contributed by atoms with Gasteiger partial charge in [-0.3, -0.25) is 18.6 Å². The third-order valence-electron chi connectivity index (χ3n) is 9.15. The molecule has 55 heavy (non-hydrogen) atoms. The molecule has 0 aliphatic rings. The number of nitrogens with two attached hydrogens (primary N) is 1. The van der Waals surface area contributed by atoms with E-state index in [-0.39, 0.29) is 19.2 Å². The molecule has 0 saturated carbocycles. The molecule has 320 valence electrons. The minimum absolute atomic E-state index is 0.136. The van der Waals surface area contributed by atoms with Gasteiger partial charge in [-0.15, -0.1) is 0 Å². The summed E-state index contributed by atoms with van der Waals surface area (Å²) in [4.78, 5) is 33.3. The zero-order valence-corrected chi connectivity index (χ0v) is 35.7. The first-order chi connectivity index (χ1) is 26.7. The first kappa shape index (κ1) is 52.9. The van der Waals surface area contributed by atoms with Crippen LogP contribution in [0.25, 0.3) is 0 Å². The Morgan fingerprint density at radius 3 is 1.49 bits per heavy atom. The van der Waals surface area contributed by atoms with Crippen molar-refractivity contribution in [2.75, 3.05) is 26.4 Å². The second-order valence-corrected chi connectivity index (χ2v) is 15.9. The number of rotatable bonds is 41. The topological polar surface area (TPSA) is 155 Å². The van der Waals surface area contributed by atoms with Gasteiger partial charge in [0.1, 0.15) is 18.8 Å². The minimum Gasteiger partial charge on any atom is -0.480 e. The fourth-order valence-corrected chi connectivity index (χ4v) is 6.46. The molecule has 0 spiro atoms. The van der Waals surface area contributed by atoms with Gasteiger partial charge >= 0.3 is 19.8 Å². The first-order valence-electron chi connectivity index (χ1n) is 21.7. The Morgan fingerprint density at radius 2 is 1.00 bits per heavy atom. The Balaban J connectivity index is 4.33. The Bertz CT molecular complexity index is 1060. The van der Waals surface area contributed by atoms with Crippen molar-refractivity contribution in [3.8, 4) is 0 Å². The van der Waals surface area contributed by atoms with E-state index in [1.54, 1.807) is 0 Å². The molecule has 0 saturated heterocycles. The van der Waals surface area contributed by atoms with Crippen molar-refractivity contribution >= 4 is 19.8 Å². The second-order valence-electron chi connectivity index (χ2n) is 14.5. The number of carboxylic acids is 1. The number of carbonyl (C=O) groups is 2. The Kier molecular flexibility index (Phi) is 38.6. The van der Waals surface area contributed by atoms with E-state index in [1.165, 1.54) is 103 Å². The third kappa shape index (κ3) is 39.9. The zero-order chi connectivity index (χ0) is 40.5. The minimum atomic E-state index is -4.60. The second kappa shape index (κ2) is 40.1. The quantitative estimate of drug-likeness (QED) is 0.0236. The first-order valence-corrected chi connectivity index (χ1v) is 23.2. The molecular weight excluding hydrogens is 717 g/mol. The number of carboxylic acid groups (broad SMARTS) is 1. The zero-order valence-electron chi connectivity index (χ0n) is 34.8. The molecule has 11 heteroatoms. The lowest BCUT2D eigenvalue weighted by Gasteiger charge is -2.20. The summed E-state index contributed by atoms with van der Waals surface area (Å²) in [5, 5.41) is 8.89. The number of unbranched alkanes of at least 4 members (excludes halogenated alkanes) is 19. The molecule has 0 heterocycles. The van der Waals surface area contributed by atoms with Gasteiger partial charge in [-0.1, -0.05) is 165 Å². The van der Waals surface area contributed by atoms with E-state index < -0.39 is 32.5 Å². The Labute approximate surface area is 335 Å². The summed E-state index contributed by atoms with van der Waals surface area (Å²) in [6.45, 7) is 3.62. The van der Waals surface area contributed by atoms with Crippen molar-refractivity contribution in [2.24, 2.45) is 5.73 Å². The number of ether oxygens (including phenoxy) is 2. The average molecular weight is 798 g/mol. The lowest BCUT2D eigenvalue weighted by Crippen LogP contribution is -2.34. The molecule has 0 aromatic carbocycles. The number of carbonyl (C=O) groups excluding carboxylic acids is 1. The number of aliphatic carboxylic acids is 1. The summed E-state index contributed by atoms with van der Waals surface area (Å²) in [6, 6.07) is -1.47. The molecule has 0 aromatic heterocycles. The molecule has 4 N–H and O–H groups in total. The maximum atomic E-state index is 12.4. The SMILES string of the molecule is CCCCC/C=C\C/C=C\C/C=C\C/C=C\CCCCOC(COC(=O)CCCCCCCCCCCCCCCCC)COP(=O)(O)OCC(N)C(=O)O. The van der Waals surface area contributed by atoms with Crippen LogP contribution in [-0.2, 0) is 32.7 Å². The monoisotopic (exact) mass is 798 g/mol. The van der Waals surface area contributed by atoms with Crippen LogP contribution in [0.3, 0.4) is 0 Å². The Hall–Kier alpha value is -2.07. The lowest BCUT2D eigenvalue weighted by atomic mass is 10.0. The molecule has 0 amide bonds. The van der Waals surface area contributed by atoms with Crippen molar-refractivity contribution < 1.29 is 42.7 Å². The summed E-state index contributed by atoms with van der Waals surface area (Å²) in [5.74, 6) is -1.71. The van der Waals surface area contributed by atoms with E-state index in [0.717, 1.165) is 57.8 Å². The molecule has 3 atom stereocenters. The van der Waals surface area contributed by atoms with Gasteiger partial charge in [0.15, 0.2) is 0 Å². The van der Waals surface area contributed by atoms with Crippen LogP contribution in [0, 0.1) is 0 Å². The van der Waals surface area contributed by atoms with Gasteiger partial charge in [0.2, 0.25) is 0 Å². The molecule has 3 unspecified atom stereocenters. The fourth-order valence-electron chi connectivity index (χ4n) is 5.68. The van der Waals surface area contributed by atoms with E-state index >= 15 is 0 Å². The summed E-state index contributed by atoms with van der Waals surface area (Å²) in [5.41, 5.74) is 5.35. The smallest absolute Gasteiger partial charge is 0.472 e. The molecule has 0 fully saturated rings. The van der Waals surface area contributed by atoms with Crippen molar-refractivity contribution in [1.82, 2.24) is 0 Å². The van der Waals surface area contributed by atoms with Gasteiger partial charge in [-0.2, -0.15) is 0 Å². The highest BCUT2D eigenvalue weighted by Gasteiger charge is 2.27. The summed E-state index contributed by atoms with van der Waals surface area (Å²) >= 11 is 0. The van der Waals surface area contributed by atoms with E-state index in [1.807, 2.05) is 0 Å². The highest BCUT2D eigenvalue weighted by Crippen LogP contribution is 2.43. The number of hydrogen-bond acceptors (Lipinski definition) is 8. The number of phosphoric ester groups is 1. The molecule has 0 aliphatic carbocycles. The number of hydrogen-bond donors (Lipinski definition) is 3. The summed E-state index contributed by atoms with van der Waals surface area (Å²) < 4.78 is 33.3. The van der Waals surface area contributed by atoms with E-state index in [4.69, 9.17) is 29.4 Å². The highest BCUT2D eigenvalue weighted by atomic mass is 31.2. The van der Waals surface area contributed by atoms with Gasteiger partial charge in [0, 0.05) is 13.0 Å². The largest absolute Gasteiger partial charge is 0.480 e. The maximum absolute atomic E-state index is 12.4. The van der Waals surface area contributed by atoms with Crippen molar-refractivity contribution in [2.45, 2.75) is 193 Å². The number of esters is 1. The maximum Gasteiger partial charge on any atom is 0.472 e. The van der Waals surface area contributed by atoms with Gasteiger partial charge < -0.3 is 25.2 Å². The predicted molar refractivity (Wildman–Crippen MR) is 226 cm³/mol. The van der Waals surface area contributed by atoms with E-state index in [9.17, 15) is 19.0 Å². The summed E-state index contributed by atoms with van der Waals surface area (Å²) in [7, 11) is -4.60. The average Bonchev–Trinajstić information content (AvgIpc) is 3.16. The standard InChI is InChI=1S/C44H80NO9P/c1-3-5-7-9-11-13-15-17-19-20-21-23-25-27-29-31-33-35-37-51-41(39-53-55(49,50)54-40-42(45)44(47)48)38-52-43(46)36-34-32-30-28-26-24-22-18-16-14-12-10-8-6-4-2/h11,13,17,19,21,23,27,29,41-42H,3-10,12,14-16,18,20,22,24-26,28,30-40,45H2,1-2H3,(H,47,48)(H,49,50)/b13-11-,19-17-,23-21-,29-27-. The van der Waals surface area contributed by atoms with Crippen LogP contribution in [0.1, 0.15) is 181 Å². The van der Waals surface area contributed by atoms with Gasteiger partial charge in [-0.05, 0) is 57.8 Å². The summed E-state index contributed by atoms with van der Waals surface area (Å²) in [6.07, 6.45) is 46.1. The Morgan fingerprint density at radius 1 is 0.582 bits per heavy atom. The molecule has 0 bridgehead atoms. The van der Waals surface area contributed by atoms with Crippen LogP contribution in [0.5, 0.6) is 0 Å². The third-order valence-corrected chi connectivity index (χ3v) is 10.1. The number of phosphoric acid groups is 1. The molecule has 0 radical (unpaired) electrons. The molecule has 0 aliphatic heterocycles. The van der Waals surface area contributed by atoms with Crippen LogP contribution >= 0.6 is 7.82 Å². The molecule has 0 rings (SSSR count). The van der Waals surface area contributed by atoms with Crippen LogP contribution < -0.4 is 5.73 Å². The van der Waals surface area contributed by atoms with Gasteiger partial charge in [-0.25, -0.2) is 4.57 Å². The lowest BCUT2D eigenvalue weighted by molar-refractivity contribution is -0.149. The molecule has 10 nitrogen and oxygen atoms in total. The van der Waals surface area contributed by atoms with Crippen molar-refractivity contribution in [1.29, 1.82) is 0 Å². The molecule has 0 aromatic rings. The predicted octanol–water partition coefficient (Wildman–Crippen LogP) is 11.9. The molecular formula is C44H80NO9P. The fraction of sp³-hybridized carbons (Fsp3) is 0.773. The van der Waals surface area contributed by atoms with Crippen molar-refractivity contribution in [3.05, 3.63) is 48.6 Å². The highest BCUT2D eigenvalue weighted by molar-refractivity contribution is 7.47. The van der Waals surface area contributed by atoms with Crippen LogP contribution in [0.15, 0.2) is 48.6 Å². The van der Waals surface area contributed by atoms with Crippen molar-refractivity contribution in [3.63, 3.8) is 0 Å². The number of allylic oxidation sites excluding steroid dienone is 8. The van der Waals surface area contributed by atoms with Crippen LogP contribution in [-0.4, -0.2) is 60.5 Å². The van der Waals surface area contributed by atoms with Gasteiger partial charge in [0.25, 0.3) is 0 Å². The van der Waals surface area contributed by atoms with E-state index in [2.05, 4.69) is 62.5 Å². The van der Waals surface area contributed by atoms with E-state index in [0.29, 0.717) is 13.0 Å². The van der Waals surface area contributed by atoms with Crippen LogP contribution in [0.2, 0.25) is 0 Å².